The van der Waals surface area contributed by atoms with E-state index in [1.807, 2.05) is 32.0 Å². The maximum atomic E-state index is 12.0. The lowest BCUT2D eigenvalue weighted by Gasteiger charge is -2.25. The molecule has 1 aromatic rings. The van der Waals surface area contributed by atoms with Crippen molar-refractivity contribution in [3.63, 3.8) is 0 Å². The van der Waals surface area contributed by atoms with Gasteiger partial charge in [0, 0.05) is 32.6 Å². The average molecular weight is 375 g/mol. The van der Waals surface area contributed by atoms with Crippen LogP contribution in [0.2, 0.25) is 0 Å². The zero-order valence-electron chi connectivity index (χ0n) is 17.1. The highest BCUT2D eigenvalue weighted by Gasteiger charge is 2.28. The van der Waals surface area contributed by atoms with Crippen LogP contribution >= 0.6 is 0 Å². The molecule has 0 spiro atoms. The lowest BCUT2D eigenvalue weighted by Crippen LogP contribution is -2.42. The summed E-state index contributed by atoms with van der Waals surface area (Å²) in [5, 5.41) is 6.08. The molecule has 1 saturated heterocycles. The fourth-order valence-electron chi connectivity index (χ4n) is 3.19. The normalized spacial score (nSPS) is 17.9. The van der Waals surface area contributed by atoms with E-state index in [1.54, 1.807) is 7.05 Å². The highest BCUT2D eigenvalue weighted by molar-refractivity contribution is 5.83. The third kappa shape index (κ3) is 6.54. The number of carbonyl (C=O) groups is 1. The van der Waals surface area contributed by atoms with Crippen LogP contribution in [-0.2, 0) is 16.1 Å². The Morgan fingerprint density at radius 2 is 2.07 bits per heavy atom. The molecule has 0 saturated carbocycles. The number of benzene rings is 1. The Balaban J connectivity index is 1.85. The van der Waals surface area contributed by atoms with Gasteiger partial charge in [0.25, 0.3) is 0 Å². The van der Waals surface area contributed by atoms with Gasteiger partial charge < -0.3 is 20.3 Å². The molecule has 1 amide bonds. The van der Waals surface area contributed by atoms with E-state index in [2.05, 4.69) is 34.6 Å². The zero-order valence-corrected chi connectivity index (χ0v) is 17.1. The van der Waals surface area contributed by atoms with Crippen molar-refractivity contribution in [2.75, 3.05) is 39.8 Å². The fraction of sp³-hybridized carbons (Fsp3) is 0.619. The Hall–Kier alpha value is -2.08. The van der Waals surface area contributed by atoms with Crippen molar-refractivity contribution in [3.8, 4) is 0 Å². The van der Waals surface area contributed by atoms with Gasteiger partial charge in [-0.1, -0.05) is 30.3 Å². The van der Waals surface area contributed by atoms with E-state index >= 15 is 0 Å². The molecular weight excluding hydrogens is 340 g/mol. The standard InChI is InChI=1S/C21H34N4O2/c1-5-23-20(24-16-21(2,3)19(26)22-4)25-12-11-18(13-25)15-27-14-17-9-7-6-8-10-17/h6-10,18H,5,11-16H2,1-4H3,(H,22,26)(H,23,24). The van der Waals surface area contributed by atoms with Crippen LogP contribution in [0.25, 0.3) is 0 Å². The number of carbonyl (C=O) groups excluding carboxylic acids is 1. The number of hydrogen-bond acceptors (Lipinski definition) is 3. The van der Waals surface area contributed by atoms with Crippen LogP contribution in [0.1, 0.15) is 32.8 Å². The number of nitrogens with zero attached hydrogens (tertiary/aromatic N) is 2. The molecule has 0 aliphatic carbocycles. The first kappa shape index (κ1) is 21.2. The smallest absolute Gasteiger partial charge is 0.227 e. The Kier molecular flexibility index (Phi) is 8.10. The maximum absolute atomic E-state index is 12.0. The largest absolute Gasteiger partial charge is 0.376 e. The first-order valence-electron chi connectivity index (χ1n) is 9.83. The summed E-state index contributed by atoms with van der Waals surface area (Å²) in [6, 6.07) is 10.3. The molecular formula is C21H34N4O2. The van der Waals surface area contributed by atoms with E-state index in [0.717, 1.165) is 38.6 Å². The van der Waals surface area contributed by atoms with Crippen molar-refractivity contribution in [1.29, 1.82) is 0 Å². The highest BCUT2D eigenvalue weighted by atomic mass is 16.5. The second-order valence-electron chi connectivity index (χ2n) is 7.73. The van der Waals surface area contributed by atoms with E-state index in [1.165, 1.54) is 5.56 Å². The van der Waals surface area contributed by atoms with Gasteiger partial charge in [0.2, 0.25) is 5.91 Å². The topological polar surface area (TPSA) is 66.0 Å². The lowest BCUT2D eigenvalue weighted by molar-refractivity contribution is -0.128. The van der Waals surface area contributed by atoms with Crippen LogP contribution in [-0.4, -0.2) is 56.6 Å². The number of likely N-dealkylation sites (tertiary alicyclic amines) is 1. The van der Waals surface area contributed by atoms with Gasteiger partial charge >= 0.3 is 0 Å². The molecule has 0 bridgehead atoms. The maximum Gasteiger partial charge on any atom is 0.227 e. The number of guanidine groups is 1. The SMILES string of the molecule is CCNC(=NCC(C)(C)C(=O)NC)N1CCC(COCc2ccccc2)C1. The van der Waals surface area contributed by atoms with Gasteiger partial charge in [0.05, 0.1) is 25.2 Å². The van der Waals surface area contributed by atoms with Crippen molar-refractivity contribution < 1.29 is 9.53 Å². The molecule has 27 heavy (non-hydrogen) atoms. The highest BCUT2D eigenvalue weighted by Crippen LogP contribution is 2.19. The molecule has 1 aliphatic rings. The molecule has 1 heterocycles. The minimum Gasteiger partial charge on any atom is -0.376 e. The van der Waals surface area contributed by atoms with Crippen LogP contribution < -0.4 is 10.6 Å². The van der Waals surface area contributed by atoms with Crippen molar-refractivity contribution in [2.24, 2.45) is 16.3 Å². The molecule has 0 aromatic heterocycles. The van der Waals surface area contributed by atoms with Gasteiger partial charge in [-0.15, -0.1) is 0 Å². The number of aliphatic imine (C=N–C) groups is 1. The summed E-state index contributed by atoms with van der Waals surface area (Å²) in [5.41, 5.74) is 0.687. The van der Waals surface area contributed by atoms with E-state index in [9.17, 15) is 4.79 Å². The molecule has 150 valence electrons. The molecule has 6 heteroatoms. The third-order valence-electron chi connectivity index (χ3n) is 4.85. The Labute approximate surface area is 163 Å². The van der Waals surface area contributed by atoms with Gasteiger partial charge in [-0.25, -0.2) is 0 Å². The molecule has 2 rings (SSSR count). The van der Waals surface area contributed by atoms with Gasteiger partial charge in [-0.3, -0.25) is 9.79 Å². The van der Waals surface area contributed by atoms with Crippen LogP contribution in [0.5, 0.6) is 0 Å². The zero-order chi connectivity index (χ0) is 19.7. The fourth-order valence-corrected chi connectivity index (χ4v) is 3.19. The summed E-state index contributed by atoms with van der Waals surface area (Å²) in [7, 11) is 1.67. The van der Waals surface area contributed by atoms with E-state index in [0.29, 0.717) is 19.1 Å². The summed E-state index contributed by atoms with van der Waals surface area (Å²) in [6.07, 6.45) is 1.10. The van der Waals surface area contributed by atoms with Crippen LogP contribution in [0.3, 0.4) is 0 Å². The van der Waals surface area contributed by atoms with Gasteiger partial charge in [0.15, 0.2) is 5.96 Å². The number of hydrogen-bond donors (Lipinski definition) is 2. The molecule has 6 nitrogen and oxygen atoms in total. The first-order valence-corrected chi connectivity index (χ1v) is 9.83. The minimum absolute atomic E-state index is 0.00992. The molecule has 1 aliphatic heterocycles. The molecule has 1 unspecified atom stereocenters. The van der Waals surface area contributed by atoms with Gasteiger partial charge in [-0.2, -0.15) is 0 Å². The monoisotopic (exact) mass is 374 g/mol. The second-order valence-corrected chi connectivity index (χ2v) is 7.73. The van der Waals surface area contributed by atoms with Crippen molar-refractivity contribution in [2.45, 2.75) is 33.8 Å². The summed E-state index contributed by atoms with van der Waals surface area (Å²) < 4.78 is 5.91. The van der Waals surface area contributed by atoms with Crippen LogP contribution in [0, 0.1) is 11.3 Å². The van der Waals surface area contributed by atoms with Crippen LogP contribution in [0.15, 0.2) is 35.3 Å². The third-order valence-corrected chi connectivity index (χ3v) is 4.85. The van der Waals surface area contributed by atoms with E-state index in [-0.39, 0.29) is 5.91 Å². The summed E-state index contributed by atoms with van der Waals surface area (Å²) in [5.74, 6) is 1.40. The summed E-state index contributed by atoms with van der Waals surface area (Å²) in [4.78, 5) is 19.0. The first-order chi connectivity index (χ1) is 13.0. The van der Waals surface area contributed by atoms with Gasteiger partial charge in [-0.05, 0) is 32.8 Å². The number of nitrogens with one attached hydrogen (secondary N) is 2. The Bertz CT molecular complexity index is 616. The van der Waals surface area contributed by atoms with E-state index < -0.39 is 5.41 Å². The minimum atomic E-state index is -0.520. The predicted molar refractivity (Wildman–Crippen MR) is 110 cm³/mol. The lowest BCUT2D eigenvalue weighted by atomic mass is 9.93. The summed E-state index contributed by atoms with van der Waals surface area (Å²) in [6.45, 7) is 10.5. The average Bonchev–Trinajstić information content (AvgIpc) is 3.14. The number of ether oxygens (including phenoxy) is 1. The molecule has 2 N–H and O–H groups in total. The number of rotatable bonds is 8. The molecule has 1 aromatic carbocycles. The van der Waals surface area contributed by atoms with Crippen molar-refractivity contribution in [1.82, 2.24) is 15.5 Å². The molecule has 0 radical (unpaired) electrons. The predicted octanol–water partition coefficient (Wildman–Crippen LogP) is 2.26. The quantitative estimate of drug-likeness (QED) is 0.541. The number of amides is 1. The Morgan fingerprint density at radius 1 is 1.33 bits per heavy atom. The second kappa shape index (κ2) is 10.3. The van der Waals surface area contributed by atoms with Crippen molar-refractivity contribution >= 4 is 11.9 Å². The Morgan fingerprint density at radius 3 is 2.74 bits per heavy atom. The molecule has 1 atom stereocenters. The van der Waals surface area contributed by atoms with E-state index in [4.69, 9.17) is 9.73 Å². The van der Waals surface area contributed by atoms with Gasteiger partial charge in [0.1, 0.15) is 0 Å². The summed E-state index contributed by atoms with van der Waals surface area (Å²) >= 11 is 0. The molecule has 1 fully saturated rings. The van der Waals surface area contributed by atoms with Crippen LogP contribution in [0.4, 0.5) is 0 Å². The van der Waals surface area contributed by atoms with Crippen molar-refractivity contribution in [3.05, 3.63) is 35.9 Å².